The van der Waals surface area contributed by atoms with Gasteiger partial charge in [0.2, 0.25) is 0 Å². The molecule has 1 aromatic heterocycles. The fraction of sp³-hybridized carbons (Fsp3) is 0.733. The van der Waals surface area contributed by atoms with Crippen LogP contribution in [-0.4, -0.2) is 6.04 Å². The van der Waals surface area contributed by atoms with Gasteiger partial charge in [-0.05, 0) is 37.7 Å². The maximum atomic E-state index is 5.56. The van der Waals surface area contributed by atoms with Crippen LogP contribution in [0.1, 0.15) is 62.8 Å². The molecular formula is C15H23NO. The molecular weight excluding hydrogens is 210 g/mol. The first-order valence-electron chi connectivity index (χ1n) is 7.15. The summed E-state index contributed by atoms with van der Waals surface area (Å²) in [5, 5.41) is 3.87. The van der Waals surface area contributed by atoms with E-state index in [1.165, 1.54) is 49.8 Å². The molecule has 3 unspecified atom stereocenters. The Balaban J connectivity index is 1.66. The van der Waals surface area contributed by atoms with Crippen molar-refractivity contribution in [3.8, 4) is 0 Å². The van der Waals surface area contributed by atoms with E-state index >= 15 is 0 Å². The van der Waals surface area contributed by atoms with Crippen molar-refractivity contribution in [3.05, 3.63) is 23.7 Å². The number of rotatable bonds is 2. The lowest BCUT2D eigenvalue weighted by molar-refractivity contribution is 0.268. The van der Waals surface area contributed by atoms with Crippen molar-refractivity contribution in [1.29, 1.82) is 0 Å². The molecule has 94 valence electrons. The third-order valence-corrected chi connectivity index (χ3v) is 4.43. The molecule has 0 saturated heterocycles. The van der Waals surface area contributed by atoms with Gasteiger partial charge in [0.1, 0.15) is 5.76 Å². The highest BCUT2D eigenvalue weighted by Crippen LogP contribution is 2.33. The van der Waals surface area contributed by atoms with Crippen LogP contribution < -0.4 is 5.32 Å². The van der Waals surface area contributed by atoms with E-state index in [1.54, 1.807) is 0 Å². The average Bonchev–Trinajstić information content (AvgIpc) is 2.78. The summed E-state index contributed by atoms with van der Waals surface area (Å²) in [7, 11) is 0. The summed E-state index contributed by atoms with van der Waals surface area (Å²) < 4.78 is 5.56. The summed E-state index contributed by atoms with van der Waals surface area (Å²) in [5.41, 5.74) is 1.43. The van der Waals surface area contributed by atoms with Crippen molar-refractivity contribution in [2.45, 2.75) is 64.0 Å². The van der Waals surface area contributed by atoms with Gasteiger partial charge in [-0.25, -0.2) is 0 Å². The third kappa shape index (κ3) is 2.42. The zero-order valence-corrected chi connectivity index (χ0v) is 10.7. The van der Waals surface area contributed by atoms with Crippen LogP contribution >= 0.6 is 0 Å². The number of hydrogen-bond donors (Lipinski definition) is 1. The van der Waals surface area contributed by atoms with Gasteiger partial charge >= 0.3 is 0 Å². The Kier molecular flexibility index (Phi) is 3.24. The van der Waals surface area contributed by atoms with E-state index < -0.39 is 0 Å². The van der Waals surface area contributed by atoms with Gasteiger partial charge in [0.25, 0.3) is 0 Å². The molecule has 0 spiro atoms. The SMILES string of the molecule is CC1CCCC(NC2CCCc3occc32)C1. The van der Waals surface area contributed by atoms with Crippen LogP contribution in [0.4, 0.5) is 0 Å². The van der Waals surface area contributed by atoms with Gasteiger partial charge in [-0.2, -0.15) is 0 Å². The third-order valence-electron chi connectivity index (χ3n) is 4.43. The number of fused-ring (bicyclic) bond motifs is 1. The summed E-state index contributed by atoms with van der Waals surface area (Å²) in [5.74, 6) is 2.12. The lowest BCUT2D eigenvalue weighted by Crippen LogP contribution is -2.37. The van der Waals surface area contributed by atoms with Crippen LogP contribution in [0, 0.1) is 5.92 Å². The lowest BCUT2D eigenvalue weighted by Gasteiger charge is -2.32. The Morgan fingerprint density at radius 3 is 3.06 bits per heavy atom. The van der Waals surface area contributed by atoms with E-state index in [0.717, 1.165) is 18.4 Å². The molecule has 0 aliphatic heterocycles. The molecule has 3 rings (SSSR count). The zero-order valence-electron chi connectivity index (χ0n) is 10.7. The molecule has 1 aromatic rings. The minimum Gasteiger partial charge on any atom is -0.469 e. The first-order chi connectivity index (χ1) is 8.33. The quantitative estimate of drug-likeness (QED) is 0.840. The normalized spacial score (nSPS) is 33.4. The monoisotopic (exact) mass is 233 g/mol. The fourth-order valence-corrected chi connectivity index (χ4v) is 3.53. The molecule has 1 fully saturated rings. The predicted molar refractivity (Wildman–Crippen MR) is 68.9 cm³/mol. The van der Waals surface area contributed by atoms with Crippen molar-refractivity contribution < 1.29 is 4.42 Å². The number of nitrogens with one attached hydrogen (secondary N) is 1. The van der Waals surface area contributed by atoms with Crippen molar-refractivity contribution in [2.75, 3.05) is 0 Å². The van der Waals surface area contributed by atoms with Crippen molar-refractivity contribution in [1.82, 2.24) is 5.32 Å². The van der Waals surface area contributed by atoms with Crippen molar-refractivity contribution >= 4 is 0 Å². The maximum absolute atomic E-state index is 5.56. The molecule has 2 heteroatoms. The van der Waals surface area contributed by atoms with Gasteiger partial charge in [-0.3, -0.25) is 0 Å². The van der Waals surface area contributed by atoms with Crippen LogP contribution in [0.3, 0.4) is 0 Å². The summed E-state index contributed by atoms with van der Waals surface area (Å²) in [4.78, 5) is 0. The Bertz CT molecular complexity index is 371. The molecule has 1 heterocycles. The maximum Gasteiger partial charge on any atom is 0.108 e. The fourth-order valence-electron chi connectivity index (χ4n) is 3.53. The molecule has 1 N–H and O–H groups in total. The summed E-state index contributed by atoms with van der Waals surface area (Å²) in [6, 6.07) is 3.44. The zero-order chi connectivity index (χ0) is 11.7. The summed E-state index contributed by atoms with van der Waals surface area (Å²) >= 11 is 0. The molecule has 2 nitrogen and oxygen atoms in total. The van der Waals surface area contributed by atoms with E-state index in [4.69, 9.17) is 4.42 Å². The smallest absolute Gasteiger partial charge is 0.108 e. The topological polar surface area (TPSA) is 25.2 Å². The Morgan fingerprint density at radius 1 is 1.24 bits per heavy atom. The van der Waals surface area contributed by atoms with E-state index in [1.807, 2.05) is 6.26 Å². The molecule has 2 aliphatic carbocycles. The molecule has 17 heavy (non-hydrogen) atoms. The van der Waals surface area contributed by atoms with Crippen LogP contribution in [0.15, 0.2) is 16.7 Å². The molecule has 3 atom stereocenters. The van der Waals surface area contributed by atoms with Crippen molar-refractivity contribution in [3.63, 3.8) is 0 Å². The number of hydrogen-bond acceptors (Lipinski definition) is 2. The van der Waals surface area contributed by atoms with Gasteiger partial charge in [0.05, 0.1) is 6.26 Å². The second kappa shape index (κ2) is 4.85. The van der Waals surface area contributed by atoms with Gasteiger partial charge in [0.15, 0.2) is 0 Å². The van der Waals surface area contributed by atoms with Crippen LogP contribution in [0.2, 0.25) is 0 Å². The van der Waals surface area contributed by atoms with E-state index in [9.17, 15) is 0 Å². The van der Waals surface area contributed by atoms with Gasteiger partial charge < -0.3 is 9.73 Å². The molecule has 1 saturated carbocycles. The minimum atomic E-state index is 0.549. The standard InChI is InChI=1S/C15H23NO/c1-11-4-2-5-12(10-11)16-14-6-3-7-15-13(14)8-9-17-15/h8-9,11-12,14,16H,2-7,10H2,1H3. The first-order valence-corrected chi connectivity index (χ1v) is 7.15. The number of furan rings is 1. The van der Waals surface area contributed by atoms with Crippen LogP contribution in [0.5, 0.6) is 0 Å². The van der Waals surface area contributed by atoms with Crippen LogP contribution in [-0.2, 0) is 6.42 Å². The molecule has 0 aromatic carbocycles. The first kappa shape index (κ1) is 11.3. The van der Waals surface area contributed by atoms with E-state index in [2.05, 4.69) is 18.3 Å². The minimum absolute atomic E-state index is 0.549. The van der Waals surface area contributed by atoms with Crippen LogP contribution in [0.25, 0.3) is 0 Å². The largest absolute Gasteiger partial charge is 0.469 e. The van der Waals surface area contributed by atoms with Crippen molar-refractivity contribution in [2.24, 2.45) is 5.92 Å². The Labute approximate surface area is 104 Å². The lowest BCUT2D eigenvalue weighted by atomic mass is 9.85. The molecule has 0 radical (unpaired) electrons. The summed E-state index contributed by atoms with van der Waals surface area (Å²) in [6.07, 6.45) is 11.0. The second-order valence-electron chi connectivity index (χ2n) is 5.88. The number of aryl methyl sites for hydroxylation is 1. The van der Waals surface area contributed by atoms with Gasteiger partial charge in [0, 0.05) is 24.1 Å². The predicted octanol–water partition coefficient (Wildman–Crippen LogP) is 3.83. The van der Waals surface area contributed by atoms with Gasteiger partial charge in [-0.15, -0.1) is 0 Å². The Morgan fingerprint density at radius 2 is 2.18 bits per heavy atom. The van der Waals surface area contributed by atoms with E-state index in [-0.39, 0.29) is 0 Å². The highest BCUT2D eigenvalue weighted by atomic mass is 16.3. The molecule has 0 bridgehead atoms. The average molecular weight is 233 g/mol. The molecule has 0 amide bonds. The molecule has 2 aliphatic rings. The second-order valence-corrected chi connectivity index (χ2v) is 5.88. The summed E-state index contributed by atoms with van der Waals surface area (Å²) in [6.45, 7) is 2.39. The van der Waals surface area contributed by atoms with E-state index in [0.29, 0.717) is 6.04 Å². The highest BCUT2D eigenvalue weighted by molar-refractivity contribution is 5.24. The van der Waals surface area contributed by atoms with Gasteiger partial charge in [-0.1, -0.05) is 19.8 Å². The Hall–Kier alpha value is -0.760. The highest BCUT2D eigenvalue weighted by Gasteiger charge is 2.26.